The fraction of sp³-hybridized carbons (Fsp3) is 0.400. The molecule has 0 saturated carbocycles. The molecular weight excluding hydrogens is 286 g/mol. The minimum absolute atomic E-state index is 0.130. The largest absolute Gasteiger partial charge is 0.480 e. The molecule has 2 N–H and O–H groups in total. The number of aliphatic carboxylic acids is 1. The minimum atomic E-state index is -1.04. The number of nitrogens with one attached hydrogen (secondary N) is 1. The van der Waals surface area contributed by atoms with E-state index in [-0.39, 0.29) is 24.9 Å². The summed E-state index contributed by atoms with van der Waals surface area (Å²) in [6, 6.07) is 9.30. The van der Waals surface area contributed by atoms with Crippen LogP contribution in [0.2, 0.25) is 0 Å². The molecule has 3 amide bonds. The lowest BCUT2D eigenvalue weighted by molar-refractivity contribution is -0.137. The van der Waals surface area contributed by atoms with Gasteiger partial charge in [-0.25, -0.2) is 4.79 Å². The maximum absolute atomic E-state index is 11.1. The number of carbonyl (C=O) groups is 3. The van der Waals surface area contributed by atoms with Gasteiger partial charge < -0.3 is 20.2 Å². The molecule has 0 radical (unpaired) electrons. The van der Waals surface area contributed by atoms with Crippen LogP contribution in [0.3, 0.4) is 0 Å². The van der Waals surface area contributed by atoms with Gasteiger partial charge in [0, 0.05) is 27.2 Å². The number of hydrogen-bond donors (Lipinski definition) is 2. The molecule has 7 nitrogen and oxygen atoms in total. The topological polar surface area (TPSA) is 90.0 Å². The first-order valence-corrected chi connectivity index (χ1v) is 6.88. The Morgan fingerprint density at radius 3 is 2.09 bits per heavy atom. The Balaban J connectivity index is 0.000000255. The van der Waals surface area contributed by atoms with Crippen molar-refractivity contribution in [3.63, 3.8) is 0 Å². The molecule has 1 heterocycles. The number of benzene rings is 1. The molecule has 0 aliphatic carbocycles. The van der Waals surface area contributed by atoms with Crippen molar-refractivity contribution in [2.24, 2.45) is 0 Å². The lowest BCUT2D eigenvalue weighted by atomic mass is 10.1. The highest BCUT2D eigenvalue weighted by Crippen LogP contribution is 2.00. The van der Waals surface area contributed by atoms with Crippen LogP contribution in [-0.2, 0) is 16.0 Å². The molecule has 0 spiro atoms. The summed E-state index contributed by atoms with van der Waals surface area (Å²) < 4.78 is 0. The number of rotatable bonds is 4. The second-order valence-corrected chi connectivity index (χ2v) is 4.96. The summed E-state index contributed by atoms with van der Waals surface area (Å²) in [4.78, 5) is 35.5. The van der Waals surface area contributed by atoms with Gasteiger partial charge in [-0.05, 0) is 5.56 Å². The van der Waals surface area contributed by atoms with Crippen LogP contribution in [0, 0.1) is 0 Å². The van der Waals surface area contributed by atoms with E-state index in [4.69, 9.17) is 5.11 Å². The summed E-state index contributed by atoms with van der Waals surface area (Å²) in [7, 11) is 3.62. The lowest BCUT2D eigenvalue weighted by Crippen LogP contribution is -2.30. The molecule has 2 rings (SSSR count). The second-order valence-electron chi connectivity index (χ2n) is 4.96. The molecule has 0 aromatic heterocycles. The predicted octanol–water partition coefficient (Wildman–Crippen LogP) is 0.414. The van der Waals surface area contributed by atoms with Gasteiger partial charge in [-0.15, -0.1) is 0 Å². The van der Waals surface area contributed by atoms with Gasteiger partial charge in [0.15, 0.2) is 0 Å². The van der Waals surface area contributed by atoms with Crippen molar-refractivity contribution in [1.29, 1.82) is 0 Å². The zero-order valence-corrected chi connectivity index (χ0v) is 12.8. The Hall–Kier alpha value is -2.57. The van der Waals surface area contributed by atoms with Crippen LogP contribution in [0.25, 0.3) is 0 Å². The van der Waals surface area contributed by atoms with Crippen molar-refractivity contribution >= 4 is 17.9 Å². The Bertz CT molecular complexity index is 507. The molecule has 120 valence electrons. The summed E-state index contributed by atoms with van der Waals surface area (Å²) in [5.74, 6) is -1.31. The predicted molar refractivity (Wildman–Crippen MR) is 81.4 cm³/mol. The van der Waals surface area contributed by atoms with Crippen LogP contribution < -0.4 is 5.32 Å². The maximum Gasteiger partial charge on any atom is 0.322 e. The molecule has 22 heavy (non-hydrogen) atoms. The summed E-state index contributed by atoms with van der Waals surface area (Å²) in [5.41, 5.74) is 0.871. The quantitative estimate of drug-likeness (QED) is 0.843. The number of likely N-dealkylation sites (N-methyl/N-ethyl adjacent to an activating group) is 2. The highest BCUT2D eigenvalue weighted by Gasteiger charge is 2.20. The molecular formula is C15H21N3O4. The summed E-state index contributed by atoms with van der Waals surface area (Å²) in [6.07, 6.45) is 0.216. The van der Waals surface area contributed by atoms with E-state index in [9.17, 15) is 14.4 Å². The average molecular weight is 307 g/mol. The van der Waals surface area contributed by atoms with Gasteiger partial charge in [0.25, 0.3) is 0 Å². The second kappa shape index (κ2) is 8.66. The van der Waals surface area contributed by atoms with E-state index in [1.807, 2.05) is 44.4 Å². The van der Waals surface area contributed by atoms with Crippen molar-refractivity contribution < 1.29 is 19.5 Å². The van der Waals surface area contributed by atoms with Crippen molar-refractivity contribution in [3.05, 3.63) is 35.9 Å². The minimum Gasteiger partial charge on any atom is -0.480 e. The lowest BCUT2D eigenvalue weighted by Gasteiger charge is -2.07. The summed E-state index contributed by atoms with van der Waals surface area (Å²) >= 11 is 0. The zero-order chi connectivity index (χ0) is 16.5. The van der Waals surface area contributed by atoms with E-state index in [0.29, 0.717) is 0 Å². The van der Waals surface area contributed by atoms with Gasteiger partial charge in [0.2, 0.25) is 5.91 Å². The third-order valence-corrected chi connectivity index (χ3v) is 3.07. The maximum atomic E-state index is 11.1. The van der Waals surface area contributed by atoms with Crippen molar-refractivity contribution in [2.75, 3.05) is 33.7 Å². The zero-order valence-electron chi connectivity index (χ0n) is 12.8. The van der Waals surface area contributed by atoms with Crippen molar-refractivity contribution in [1.82, 2.24) is 15.1 Å². The molecule has 1 fully saturated rings. The van der Waals surface area contributed by atoms with E-state index in [2.05, 4.69) is 5.32 Å². The summed E-state index contributed by atoms with van der Waals surface area (Å²) in [6.45, 7) is 1.41. The number of nitrogens with zero attached hydrogens (tertiary/aromatic N) is 2. The van der Waals surface area contributed by atoms with Gasteiger partial charge in [0.05, 0.1) is 6.42 Å². The smallest absolute Gasteiger partial charge is 0.322 e. The molecule has 1 aliphatic rings. The monoisotopic (exact) mass is 307 g/mol. The third kappa shape index (κ3) is 6.25. The van der Waals surface area contributed by atoms with E-state index in [1.165, 1.54) is 0 Å². The normalized spacial score (nSPS) is 13.5. The van der Waals surface area contributed by atoms with Crippen LogP contribution in [0.4, 0.5) is 4.79 Å². The SMILES string of the molecule is CN1CCN(C)C1=O.O=C(O)CNC(=O)Cc1ccccc1. The molecule has 1 aromatic rings. The highest BCUT2D eigenvalue weighted by atomic mass is 16.4. The van der Waals surface area contributed by atoms with Crippen LogP contribution in [0.5, 0.6) is 0 Å². The van der Waals surface area contributed by atoms with Gasteiger partial charge in [0.1, 0.15) is 6.54 Å². The highest BCUT2D eigenvalue weighted by molar-refractivity contribution is 5.82. The van der Waals surface area contributed by atoms with E-state index < -0.39 is 5.97 Å². The van der Waals surface area contributed by atoms with Crippen LogP contribution >= 0.6 is 0 Å². The Morgan fingerprint density at radius 2 is 1.68 bits per heavy atom. The Kier molecular flexibility index (Phi) is 6.88. The number of carbonyl (C=O) groups excluding carboxylic acids is 2. The van der Waals surface area contributed by atoms with Crippen molar-refractivity contribution in [3.8, 4) is 0 Å². The fourth-order valence-corrected chi connectivity index (χ4v) is 1.80. The first-order chi connectivity index (χ1) is 10.4. The first-order valence-electron chi connectivity index (χ1n) is 6.88. The number of urea groups is 1. The van der Waals surface area contributed by atoms with Crippen molar-refractivity contribution in [2.45, 2.75) is 6.42 Å². The van der Waals surface area contributed by atoms with Crippen LogP contribution in [0.1, 0.15) is 5.56 Å². The van der Waals surface area contributed by atoms with Crippen LogP contribution in [0.15, 0.2) is 30.3 Å². The number of carboxylic acid groups (broad SMARTS) is 1. The molecule has 0 bridgehead atoms. The Morgan fingerprint density at radius 1 is 1.14 bits per heavy atom. The first kappa shape index (κ1) is 17.5. The standard InChI is InChI=1S/C10H11NO3.C5H10N2O/c12-9(11-7-10(13)14)6-8-4-2-1-3-5-8;1-6-3-4-7(2)5(6)8/h1-5H,6-7H2,(H,11,12)(H,13,14);3-4H2,1-2H3. The Labute approximate surface area is 129 Å². The fourth-order valence-electron chi connectivity index (χ4n) is 1.80. The van der Waals surface area contributed by atoms with E-state index in [1.54, 1.807) is 9.80 Å². The molecule has 0 unspecified atom stereocenters. The van der Waals surface area contributed by atoms with E-state index in [0.717, 1.165) is 18.7 Å². The molecule has 0 atom stereocenters. The molecule has 7 heteroatoms. The number of amides is 3. The summed E-state index contributed by atoms with van der Waals surface area (Å²) in [5, 5.41) is 10.6. The van der Waals surface area contributed by atoms with Gasteiger partial charge in [-0.2, -0.15) is 0 Å². The van der Waals surface area contributed by atoms with Crippen LogP contribution in [-0.4, -0.2) is 66.5 Å². The number of carboxylic acids is 1. The van der Waals surface area contributed by atoms with Gasteiger partial charge >= 0.3 is 12.0 Å². The molecule has 1 saturated heterocycles. The van der Waals surface area contributed by atoms with Gasteiger partial charge in [-0.3, -0.25) is 9.59 Å². The van der Waals surface area contributed by atoms with Gasteiger partial charge in [-0.1, -0.05) is 30.3 Å². The number of hydrogen-bond acceptors (Lipinski definition) is 3. The van der Waals surface area contributed by atoms with E-state index >= 15 is 0 Å². The average Bonchev–Trinajstić information content (AvgIpc) is 2.78. The third-order valence-electron chi connectivity index (χ3n) is 3.07. The molecule has 1 aromatic carbocycles. The molecule has 1 aliphatic heterocycles.